The smallest absolute Gasteiger partial charge is 0.289 e. The van der Waals surface area contributed by atoms with Gasteiger partial charge in [0.15, 0.2) is 5.76 Å². The van der Waals surface area contributed by atoms with E-state index < -0.39 is 5.60 Å². The Morgan fingerprint density at radius 1 is 1.48 bits per heavy atom. The van der Waals surface area contributed by atoms with Gasteiger partial charge in [-0.15, -0.1) is 5.10 Å². The lowest BCUT2D eigenvalue weighted by Gasteiger charge is -2.37. The lowest BCUT2D eigenvalue weighted by Crippen LogP contribution is -2.48. The Morgan fingerprint density at radius 2 is 2.26 bits per heavy atom. The number of aryl methyl sites for hydroxylation is 1. The average Bonchev–Trinajstić information content (AvgIpc) is 3.15. The third-order valence-electron chi connectivity index (χ3n) is 4.33. The first-order valence-electron chi connectivity index (χ1n) is 7.89. The van der Waals surface area contributed by atoms with Gasteiger partial charge in [-0.05, 0) is 39.7 Å². The molecule has 0 bridgehead atoms. The van der Waals surface area contributed by atoms with Crippen LogP contribution in [0.15, 0.2) is 22.9 Å². The molecule has 1 saturated heterocycles. The van der Waals surface area contributed by atoms with Crippen LogP contribution in [0.25, 0.3) is 0 Å². The quantitative estimate of drug-likeness (QED) is 0.934. The fraction of sp³-hybridized carbons (Fsp3) is 0.562. The summed E-state index contributed by atoms with van der Waals surface area (Å²) in [6, 6.07) is 1.93. The van der Waals surface area contributed by atoms with E-state index in [1.54, 1.807) is 21.8 Å². The molecule has 1 amide bonds. The third-order valence-corrected chi connectivity index (χ3v) is 4.33. The predicted molar refractivity (Wildman–Crippen MR) is 82.9 cm³/mol. The van der Waals surface area contributed by atoms with Gasteiger partial charge in [-0.1, -0.05) is 5.21 Å². The molecule has 124 valence electrons. The van der Waals surface area contributed by atoms with E-state index in [4.69, 9.17) is 4.42 Å². The van der Waals surface area contributed by atoms with Crippen molar-refractivity contribution in [2.75, 3.05) is 13.1 Å². The highest BCUT2D eigenvalue weighted by Crippen LogP contribution is 2.31. The lowest BCUT2D eigenvalue weighted by atomic mass is 9.90. The highest BCUT2D eigenvalue weighted by atomic mass is 16.3. The molecule has 1 unspecified atom stereocenters. The second kappa shape index (κ2) is 5.81. The second-order valence-electron chi connectivity index (χ2n) is 6.47. The van der Waals surface area contributed by atoms with Crippen molar-refractivity contribution in [3.63, 3.8) is 0 Å². The highest BCUT2D eigenvalue weighted by Gasteiger charge is 2.40. The fourth-order valence-electron chi connectivity index (χ4n) is 2.90. The minimum absolute atomic E-state index is 0.173. The molecule has 2 aromatic rings. The Hall–Kier alpha value is -2.15. The molecule has 1 aliphatic heterocycles. The van der Waals surface area contributed by atoms with Crippen LogP contribution in [0.5, 0.6) is 0 Å². The van der Waals surface area contributed by atoms with Gasteiger partial charge in [-0.3, -0.25) is 4.79 Å². The van der Waals surface area contributed by atoms with E-state index in [1.165, 1.54) is 6.26 Å². The van der Waals surface area contributed by atoms with Crippen LogP contribution in [0, 0.1) is 6.92 Å². The molecule has 7 heteroatoms. The van der Waals surface area contributed by atoms with E-state index in [9.17, 15) is 9.90 Å². The van der Waals surface area contributed by atoms with E-state index in [2.05, 4.69) is 10.3 Å². The van der Waals surface area contributed by atoms with Crippen LogP contribution >= 0.6 is 0 Å². The topological polar surface area (TPSA) is 84.4 Å². The first-order valence-corrected chi connectivity index (χ1v) is 7.89. The molecule has 0 radical (unpaired) electrons. The monoisotopic (exact) mass is 318 g/mol. The van der Waals surface area contributed by atoms with E-state index >= 15 is 0 Å². The molecule has 1 aliphatic rings. The van der Waals surface area contributed by atoms with Crippen molar-refractivity contribution in [3.05, 3.63) is 35.5 Å². The Balaban J connectivity index is 1.81. The molecule has 23 heavy (non-hydrogen) atoms. The summed E-state index contributed by atoms with van der Waals surface area (Å²) in [6.07, 6.45) is 4.53. The zero-order valence-electron chi connectivity index (χ0n) is 13.7. The van der Waals surface area contributed by atoms with E-state index in [-0.39, 0.29) is 18.5 Å². The molecular formula is C16H22N4O3. The molecule has 7 nitrogen and oxygen atoms in total. The summed E-state index contributed by atoms with van der Waals surface area (Å²) in [5.41, 5.74) is 0.149. The van der Waals surface area contributed by atoms with Gasteiger partial charge in [0, 0.05) is 18.2 Å². The maximum atomic E-state index is 12.6. The largest absolute Gasteiger partial charge is 0.459 e. The van der Waals surface area contributed by atoms with Crippen molar-refractivity contribution < 1.29 is 14.3 Å². The van der Waals surface area contributed by atoms with Crippen LogP contribution in [0.1, 0.15) is 54.5 Å². The molecule has 0 aliphatic carbocycles. The van der Waals surface area contributed by atoms with Crippen LogP contribution in [0.3, 0.4) is 0 Å². The number of β-amino-alcohol motifs (C(OH)–C–C–N with tert-alkyl or cyclic N) is 1. The van der Waals surface area contributed by atoms with Crippen molar-refractivity contribution in [2.24, 2.45) is 0 Å². The Bertz CT molecular complexity index is 706. The van der Waals surface area contributed by atoms with Gasteiger partial charge >= 0.3 is 0 Å². The Kier molecular flexibility index (Phi) is 3.97. The Morgan fingerprint density at radius 3 is 2.87 bits per heavy atom. The van der Waals surface area contributed by atoms with Gasteiger partial charge in [0.25, 0.3) is 5.91 Å². The zero-order valence-corrected chi connectivity index (χ0v) is 13.7. The number of aliphatic hydroxyl groups is 1. The summed E-state index contributed by atoms with van der Waals surface area (Å²) >= 11 is 0. The molecule has 0 spiro atoms. The van der Waals surface area contributed by atoms with Crippen molar-refractivity contribution in [3.8, 4) is 0 Å². The molecule has 0 saturated carbocycles. The molecule has 3 rings (SSSR count). The van der Waals surface area contributed by atoms with Crippen molar-refractivity contribution >= 4 is 5.91 Å². The lowest BCUT2D eigenvalue weighted by molar-refractivity contribution is -0.0328. The maximum Gasteiger partial charge on any atom is 0.289 e. The van der Waals surface area contributed by atoms with E-state index in [0.717, 1.165) is 5.56 Å². The average molecular weight is 318 g/mol. The zero-order chi connectivity index (χ0) is 16.6. The molecule has 1 atom stereocenters. The maximum absolute atomic E-state index is 12.6. The van der Waals surface area contributed by atoms with Crippen LogP contribution in [0.4, 0.5) is 0 Å². The third kappa shape index (κ3) is 2.88. The standard InChI is InChI=1S/C16H22N4O3/c1-11(2)20-9-13(17-18-20)16(22)6-4-7-19(10-16)15(21)14-12(3)5-8-23-14/h5,8-9,11,22H,4,6-7,10H2,1-3H3. The number of amides is 1. The SMILES string of the molecule is Cc1ccoc1C(=O)N1CCCC(O)(c2cn(C(C)C)nn2)C1. The van der Waals surface area contributed by atoms with Crippen molar-refractivity contribution in [1.82, 2.24) is 19.9 Å². The normalized spacial score (nSPS) is 21.9. The fourth-order valence-corrected chi connectivity index (χ4v) is 2.90. The summed E-state index contributed by atoms with van der Waals surface area (Å²) in [4.78, 5) is 14.2. The summed E-state index contributed by atoms with van der Waals surface area (Å²) in [7, 11) is 0. The summed E-state index contributed by atoms with van der Waals surface area (Å²) in [5.74, 6) is 0.141. The first kappa shape index (κ1) is 15.7. The number of hydrogen-bond donors (Lipinski definition) is 1. The number of piperidine rings is 1. The predicted octanol–water partition coefficient (Wildman–Crippen LogP) is 1.88. The number of furan rings is 1. The number of rotatable bonds is 3. The molecular weight excluding hydrogens is 296 g/mol. The molecule has 1 fully saturated rings. The highest BCUT2D eigenvalue weighted by molar-refractivity contribution is 5.93. The van der Waals surface area contributed by atoms with Gasteiger partial charge in [-0.2, -0.15) is 0 Å². The number of carbonyl (C=O) groups is 1. The molecule has 2 aromatic heterocycles. The van der Waals surface area contributed by atoms with Crippen LogP contribution in [-0.4, -0.2) is 44.0 Å². The van der Waals surface area contributed by atoms with Crippen LogP contribution in [0.2, 0.25) is 0 Å². The Labute approximate surface area is 134 Å². The van der Waals surface area contributed by atoms with Gasteiger partial charge in [-0.25, -0.2) is 4.68 Å². The summed E-state index contributed by atoms with van der Waals surface area (Å²) in [5, 5.41) is 19.1. The van der Waals surface area contributed by atoms with Crippen LogP contribution in [-0.2, 0) is 5.60 Å². The van der Waals surface area contributed by atoms with Gasteiger partial charge in [0.05, 0.1) is 19.0 Å². The van der Waals surface area contributed by atoms with Crippen molar-refractivity contribution in [1.29, 1.82) is 0 Å². The molecule has 1 N–H and O–H groups in total. The number of likely N-dealkylation sites (tertiary alicyclic amines) is 1. The minimum Gasteiger partial charge on any atom is -0.459 e. The number of aromatic nitrogens is 3. The van der Waals surface area contributed by atoms with E-state index in [1.807, 2.05) is 20.8 Å². The van der Waals surface area contributed by atoms with Crippen molar-refractivity contribution in [2.45, 2.75) is 45.3 Å². The van der Waals surface area contributed by atoms with Gasteiger partial charge < -0.3 is 14.4 Å². The van der Waals surface area contributed by atoms with E-state index in [0.29, 0.717) is 30.8 Å². The first-order chi connectivity index (χ1) is 10.9. The molecule has 0 aromatic carbocycles. The summed E-state index contributed by atoms with van der Waals surface area (Å²) in [6.45, 7) is 6.63. The summed E-state index contributed by atoms with van der Waals surface area (Å²) < 4.78 is 7.00. The second-order valence-corrected chi connectivity index (χ2v) is 6.47. The minimum atomic E-state index is -1.17. The molecule has 3 heterocycles. The van der Waals surface area contributed by atoms with Crippen LogP contribution < -0.4 is 0 Å². The van der Waals surface area contributed by atoms with Gasteiger partial charge in [0.1, 0.15) is 11.3 Å². The number of hydrogen-bond acceptors (Lipinski definition) is 5. The van der Waals surface area contributed by atoms with Gasteiger partial charge in [0.2, 0.25) is 0 Å². The number of carbonyl (C=O) groups excluding carboxylic acids is 1. The number of nitrogens with zero attached hydrogens (tertiary/aromatic N) is 4.